The Morgan fingerprint density at radius 2 is 1.60 bits per heavy atom. The van der Waals surface area contributed by atoms with Gasteiger partial charge < -0.3 is 4.42 Å². The third-order valence-electron chi connectivity index (χ3n) is 3.40. The van der Waals surface area contributed by atoms with Crippen LogP contribution in [0.1, 0.15) is 0 Å². The van der Waals surface area contributed by atoms with E-state index in [0.717, 1.165) is 18.1 Å². The molecule has 0 aliphatic rings. The molecule has 25 heavy (non-hydrogen) atoms. The summed E-state index contributed by atoms with van der Waals surface area (Å²) in [5.41, 5.74) is 1.19. The molecule has 0 aliphatic carbocycles. The Balaban J connectivity index is 2.54. The van der Waals surface area contributed by atoms with Crippen LogP contribution in [0, 0.1) is 0 Å². The minimum atomic E-state index is -3.82. The topological polar surface area (TPSA) is 107 Å². The van der Waals surface area contributed by atoms with E-state index in [0.29, 0.717) is 10.7 Å². The second-order valence-electron chi connectivity index (χ2n) is 5.37. The minimum Gasteiger partial charge on any atom is -0.431 e. The fourth-order valence-corrected chi connectivity index (χ4v) is 4.34. The van der Waals surface area contributed by atoms with Gasteiger partial charge in [-0.05, 0) is 11.8 Å². The molecule has 0 aliphatic heterocycles. The van der Waals surface area contributed by atoms with E-state index in [1.807, 2.05) is 18.2 Å². The van der Waals surface area contributed by atoms with E-state index in [2.05, 4.69) is 9.97 Å². The van der Waals surface area contributed by atoms with Crippen molar-refractivity contribution < 1.29 is 21.3 Å². The van der Waals surface area contributed by atoms with Crippen LogP contribution < -0.4 is 0 Å². The number of hydrogen-bond acceptors (Lipinski definition) is 8. The van der Waals surface area contributed by atoms with Crippen molar-refractivity contribution >= 4 is 42.5 Å². The van der Waals surface area contributed by atoms with Gasteiger partial charge in [-0.25, -0.2) is 21.8 Å². The summed E-state index contributed by atoms with van der Waals surface area (Å²) in [7, 11) is -7.63. The summed E-state index contributed by atoms with van der Waals surface area (Å²) >= 11 is 1.27. The second kappa shape index (κ2) is 6.11. The lowest BCUT2D eigenvalue weighted by Crippen LogP contribution is -2.10. The van der Waals surface area contributed by atoms with Crippen molar-refractivity contribution in [3.05, 3.63) is 30.3 Å². The van der Waals surface area contributed by atoms with Gasteiger partial charge in [0.15, 0.2) is 20.0 Å². The predicted octanol–water partition coefficient (Wildman–Crippen LogP) is 2.42. The molecule has 132 valence electrons. The van der Waals surface area contributed by atoms with Crippen LogP contribution in [0.4, 0.5) is 0 Å². The average molecular weight is 398 g/mol. The first-order valence-corrected chi connectivity index (χ1v) is 12.0. The maximum atomic E-state index is 12.3. The summed E-state index contributed by atoms with van der Waals surface area (Å²) < 4.78 is 53.8. The van der Waals surface area contributed by atoms with Crippen molar-refractivity contribution in [2.24, 2.45) is 0 Å². The Morgan fingerprint density at radius 3 is 2.12 bits per heavy atom. The van der Waals surface area contributed by atoms with Gasteiger partial charge in [0.25, 0.3) is 5.16 Å². The zero-order chi connectivity index (χ0) is 18.4. The molecule has 0 bridgehead atoms. The van der Waals surface area contributed by atoms with Crippen molar-refractivity contribution in [3.8, 4) is 11.1 Å². The SMILES string of the molecule is CSc1oc2nc(S(C)(=O)=O)nc(S(C)(=O)=O)c2c1-c1ccccc1. The van der Waals surface area contributed by atoms with Gasteiger partial charge >= 0.3 is 0 Å². The number of rotatable bonds is 4. The summed E-state index contributed by atoms with van der Waals surface area (Å²) in [6, 6.07) is 9.07. The smallest absolute Gasteiger partial charge is 0.251 e. The van der Waals surface area contributed by atoms with Gasteiger partial charge in [-0.2, -0.15) is 4.98 Å². The third kappa shape index (κ3) is 3.29. The Morgan fingerprint density at radius 1 is 0.960 bits per heavy atom. The van der Waals surface area contributed by atoms with Crippen molar-refractivity contribution in [1.29, 1.82) is 0 Å². The van der Waals surface area contributed by atoms with Gasteiger partial charge in [0, 0.05) is 18.1 Å². The normalized spacial score (nSPS) is 12.6. The van der Waals surface area contributed by atoms with E-state index in [-0.39, 0.29) is 16.1 Å². The monoisotopic (exact) mass is 398 g/mol. The lowest BCUT2D eigenvalue weighted by atomic mass is 10.1. The molecule has 3 aromatic rings. The highest BCUT2D eigenvalue weighted by molar-refractivity contribution is 7.98. The van der Waals surface area contributed by atoms with E-state index >= 15 is 0 Å². The fourth-order valence-electron chi connectivity index (χ4n) is 2.38. The van der Waals surface area contributed by atoms with Crippen LogP contribution in [0.3, 0.4) is 0 Å². The standard InChI is InChI=1S/C15H14N2O5S3/c1-23-14-10(9-7-5-4-6-8-9)11-12(22-14)16-15(25(3,20)21)17-13(11)24(2,18)19/h4-8H,1-3H3. The number of furan rings is 1. The summed E-state index contributed by atoms with van der Waals surface area (Å²) in [6.45, 7) is 0. The molecule has 7 nitrogen and oxygen atoms in total. The highest BCUT2D eigenvalue weighted by Crippen LogP contribution is 2.41. The highest BCUT2D eigenvalue weighted by atomic mass is 32.2. The molecular weight excluding hydrogens is 384 g/mol. The molecule has 2 aromatic heterocycles. The number of fused-ring (bicyclic) bond motifs is 1. The Hall–Kier alpha value is -1.91. The third-order valence-corrected chi connectivity index (χ3v) is 5.90. The zero-order valence-corrected chi connectivity index (χ0v) is 16.0. The van der Waals surface area contributed by atoms with Gasteiger partial charge in [0.1, 0.15) is 0 Å². The molecule has 0 unspecified atom stereocenters. The predicted molar refractivity (Wildman–Crippen MR) is 95.2 cm³/mol. The van der Waals surface area contributed by atoms with Crippen LogP contribution in [-0.4, -0.2) is 45.6 Å². The number of sulfone groups is 2. The van der Waals surface area contributed by atoms with E-state index < -0.39 is 24.8 Å². The summed E-state index contributed by atoms with van der Waals surface area (Å²) in [5, 5.41) is -0.321. The molecule has 0 saturated heterocycles. The fraction of sp³-hybridized carbons (Fsp3) is 0.200. The van der Waals surface area contributed by atoms with Gasteiger partial charge in [0.05, 0.1) is 5.39 Å². The first-order valence-electron chi connectivity index (χ1n) is 6.97. The quantitative estimate of drug-likeness (QED) is 0.375. The molecule has 0 spiro atoms. The van der Waals surface area contributed by atoms with Crippen LogP contribution in [0.2, 0.25) is 0 Å². The zero-order valence-electron chi connectivity index (χ0n) is 13.5. The second-order valence-corrected chi connectivity index (χ2v) is 9.99. The first kappa shape index (κ1) is 17.9. The van der Waals surface area contributed by atoms with Crippen LogP contribution in [0.5, 0.6) is 0 Å². The van der Waals surface area contributed by atoms with Gasteiger partial charge in [-0.3, -0.25) is 0 Å². The number of nitrogens with zero attached hydrogens (tertiary/aromatic N) is 2. The van der Waals surface area contributed by atoms with E-state index in [4.69, 9.17) is 4.42 Å². The maximum absolute atomic E-state index is 12.3. The first-order chi connectivity index (χ1) is 11.6. The molecule has 1 aromatic carbocycles. The molecule has 10 heteroatoms. The van der Waals surface area contributed by atoms with Gasteiger partial charge in [0.2, 0.25) is 15.6 Å². The van der Waals surface area contributed by atoms with Gasteiger partial charge in [-0.15, -0.1) is 0 Å². The number of hydrogen-bond donors (Lipinski definition) is 0. The van der Waals surface area contributed by atoms with Crippen LogP contribution >= 0.6 is 11.8 Å². The summed E-state index contributed by atoms with van der Waals surface area (Å²) in [4.78, 5) is 7.75. The average Bonchev–Trinajstić information content (AvgIpc) is 2.91. The molecule has 0 N–H and O–H groups in total. The lowest BCUT2D eigenvalue weighted by Gasteiger charge is -2.05. The maximum Gasteiger partial charge on any atom is 0.251 e. The summed E-state index contributed by atoms with van der Waals surface area (Å²) in [6.07, 6.45) is 3.66. The van der Waals surface area contributed by atoms with Crippen LogP contribution in [0.25, 0.3) is 22.2 Å². The lowest BCUT2D eigenvalue weighted by molar-refractivity contribution is 0.502. The molecule has 0 fully saturated rings. The van der Waals surface area contributed by atoms with Crippen molar-refractivity contribution in [1.82, 2.24) is 9.97 Å². The van der Waals surface area contributed by atoms with Crippen LogP contribution in [-0.2, 0) is 19.7 Å². The Bertz CT molecular complexity index is 1170. The van der Waals surface area contributed by atoms with E-state index in [1.165, 1.54) is 11.8 Å². The molecular formula is C15H14N2O5S3. The molecule has 0 saturated carbocycles. The molecule has 2 heterocycles. The van der Waals surface area contributed by atoms with E-state index in [1.54, 1.807) is 18.4 Å². The minimum absolute atomic E-state index is 0.0703. The van der Waals surface area contributed by atoms with E-state index in [9.17, 15) is 16.8 Å². The van der Waals surface area contributed by atoms with Crippen LogP contribution in [0.15, 0.2) is 50.0 Å². The Kier molecular flexibility index (Phi) is 4.38. The number of benzene rings is 1. The number of thioether (sulfide) groups is 1. The Labute approximate surface area is 149 Å². The van der Waals surface area contributed by atoms with Crippen molar-refractivity contribution in [2.75, 3.05) is 18.8 Å². The highest BCUT2D eigenvalue weighted by Gasteiger charge is 2.28. The molecule has 0 radical (unpaired) electrons. The van der Waals surface area contributed by atoms with Crippen molar-refractivity contribution in [2.45, 2.75) is 15.3 Å². The molecule has 0 atom stereocenters. The van der Waals surface area contributed by atoms with Crippen molar-refractivity contribution in [3.63, 3.8) is 0 Å². The molecule has 0 amide bonds. The van der Waals surface area contributed by atoms with Gasteiger partial charge in [-0.1, -0.05) is 42.1 Å². The molecule has 3 rings (SSSR count). The summed E-state index contributed by atoms with van der Waals surface area (Å²) in [5.74, 6) is 0. The number of aromatic nitrogens is 2. The largest absolute Gasteiger partial charge is 0.431 e.